The normalized spacial score (nSPS) is 28.8. The van der Waals surface area contributed by atoms with Gasteiger partial charge in [-0.2, -0.15) is 0 Å². The quantitative estimate of drug-likeness (QED) is 0.502. The Balaban J connectivity index is 2.70. The Kier molecular flexibility index (Phi) is 3.12. The van der Waals surface area contributed by atoms with Crippen LogP contribution in [-0.4, -0.2) is 20.9 Å². The Bertz CT molecular complexity index is 832. The van der Waals surface area contributed by atoms with E-state index in [9.17, 15) is 15.3 Å². The number of aryl methyl sites for hydroxylation is 1. The van der Waals surface area contributed by atoms with Crippen LogP contribution in [0.25, 0.3) is 0 Å². The van der Waals surface area contributed by atoms with E-state index in [0.29, 0.717) is 12.0 Å². The topological polar surface area (TPSA) is 60.7 Å². The molecule has 0 saturated heterocycles. The number of benzene rings is 1. The van der Waals surface area contributed by atoms with Crippen LogP contribution in [0.1, 0.15) is 89.0 Å². The summed E-state index contributed by atoms with van der Waals surface area (Å²) in [4.78, 5) is 0. The fraction of sp³-hybridized carbons (Fsp3) is 0.619. The lowest BCUT2D eigenvalue weighted by molar-refractivity contribution is 0.00421. The first kappa shape index (κ1) is 9.86. The van der Waals surface area contributed by atoms with Gasteiger partial charge in [-0.15, -0.1) is 0 Å². The standard InChI is InChI=1S/C21H32O3/c1-5-6-7-8-15-12-18(22)20(19(23)13-15)16-11-14(2)9-10-17(16)21(3,4)24/h11-13,16-17,22-24H,5-10H2,1-4H3/t16-,17-/m1/s1/i2D3,3D3,4D3. The zero-order chi connectivity index (χ0) is 25.4. The molecule has 3 nitrogen and oxygen atoms in total. The Hall–Kier alpha value is -1.48. The molecule has 0 unspecified atom stereocenters. The summed E-state index contributed by atoms with van der Waals surface area (Å²) in [7, 11) is 0. The first-order valence-electron chi connectivity index (χ1n) is 12.9. The summed E-state index contributed by atoms with van der Waals surface area (Å²) in [5.74, 6) is -3.66. The molecule has 0 aliphatic heterocycles. The van der Waals surface area contributed by atoms with Crippen LogP contribution in [0.2, 0.25) is 0 Å². The van der Waals surface area contributed by atoms with E-state index in [4.69, 9.17) is 12.3 Å². The smallest absolute Gasteiger partial charge is 0.123 e. The van der Waals surface area contributed by atoms with Crippen LogP contribution in [0, 0.1) is 5.92 Å². The Morgan fingerprint density at radius 2 is 1.92 bits per heavy atom. The number of allylic oxidation sites excluding steroid dienone is 2. The number of unbranched alkanes of at least 4 members (excludes halogenated alkanes) is 2. The lowest BCUT2D eigenvalue weighted by atomic mass is 9.69. The van der Waals surface area contributed by atoms with Gasteiger partial charge in [-0.3, -0.25) is 0 Å². The van der Waals surface area contributed by atoms with Gasteiger partial charge < -0.3 is 15.3 Å². The first-order chi connectivity index (χ1) is 14.9. The van der Waals surface area contributed by atoms with E-state index < -0.39 is 49.5 Å². The summed E-state index contributed by atoms with van der Waals surface area (Å²) < 4.78 is 70.0. The lowest BCUT2D eigenvalue weighted by Crippen LogP contribution is -2.36. The summed E-state index contributed by atoms with van der Waals surface area (Å²) in [6.07, 6.45) is 4.08. The number of phenols is 2. The van der Waals surface area contributed by atoms with Gasteiger partial charge in [0, 0.05) is 23.8 Å². The molecule has 0 amide bonds. The summed E-state index contributed by atoms with van der Waals surface area (Å²) >= 11 is 0. The third-order valence-electron chi connectivity index (χ3n) is 4.67. The fourth-order valence-corrected chi connectivity index (χ4v) is 3.40. The maximum Gasteiger partial charge on any atom is 0.123 e. The summed E-state index contributed by atoms with van der Waals surface area (Å²) in [5.41, 5.74) is -2.79. The van der Waals surface area contributed by atoms with Crippen molar-refractivity contribution in [1.29, 1.82) is 0 Å². The molecular weight excluding hydrogens is 300 g/mol. The SMILES string of the molecule is [2H]C([2H])([2H])C1=C[C@@H](c2c(O)cc(CCCCC)cc2O)[C@H](C(O)(C([2H])([2H])[2H])C([2H])([2H])[2H])CC1. The van der Waals surface area contributed by atoms with Crippen molar-refractivity contribution < 1.29 is 27.7 Å². The van der Waals surface area contributed by atoms with E-state index in [-0.39, 0.29) is 24.0 Å². The Morgan fingerprint density at radius 1 is 1.21 bits per heavy atom. The van der Waals surface area contributed by atoms with Crippen molar-refractivity contribution in [3.05, 3.63) is 34.9 Å². The van der Waals surface area contributed by atoms with Crippen molar-refractivity contribution in [3.63, 3.8) is 0 Å². The molecule has 1 aliphatic carbocycles. The van der Waals surface area contributed by atoms with Crippen LogP contribution in [0.3, 0.4) is 0 Å². The van der Waals surface area contributed by atoms with Crippen LogP contribution in [0.4, 0.5) is 0 Å². The highest BCUT2D eigenvalue weighted by Gasteiger charge is 2.38. The van der Waals surface area contributed by atoms with Gasteiger partial charge in [0.1, 0.15) is 11.5 Å². The van der Waals surface area contributed by atoms with Crippen LogP contribution in [-0.2, 0) is 6.42 Å². The average Bonchev–Trinajstić information content (AvgIpc) is 2.64. The summed E-state index contributed by atoms with van der Waals surface area (Å²) in [6.45, 7) is -7.17. The highest BCUT2D eigenvalue weighted by Crippen LogP contribution is 2.47. The second-order valence-electron chi connectivity index (χ2n) is 6.63. The van der Waals surface area contributed by atoms with Crippen LogP contribution in [0.15, 0.2) is 23.8 Å². The number of phenolic OH excluding ortho intramolecular Hbond substituents is 2. The third-order valence-corrected chi connectivity index (χ3v) is 4.67. The molecule has 0 radical (unpaired) electrons. The minimum atomic E-state index is -3.34. The number of aromatic hydroxyl groups is 2. The van der Waals surface area contributed by atoms with Gasteiger partial charge >= 0.3 is 0 Å². The van der Waals surface area contributed by atoms with Crippen LogP contribution in [0.5, 0.6) is 11.5 Å². The van der Waals surface area contributed by atoms with Crippen molar-refractivity contribution in [2.75, 3.05) is 0 Å². The molecule has 2 atom stereocenters. The molecule has 0 saturated carbocycles. The molecule has 0 bridgehead atoms. The van der Waals surface area contributed by atoms with Gasteiger partial charge in [0.15, 0.2) is 0 Å². The molecule has 2 rings (SSSR count). The van der Waals surface area contributed by atoms with E-state index in [1.165, 1.54) is 18.2 Å². The van der Waals surface area contributed by atoms with Crippen molar-refractivity contribution in [2.45, 2.75) is 77.5 Å². The molecule has 1 aromatic rings. The largest absolute Gasteiger partial charge is 0.507 e. The number of rotatable bonds is 6. The van der Waals surface area contributed by atoms with E-state index >= 15 is 0 Å². The van der Waals surface area contributed by atoms with E-state index in [2.05, 4.69) is 0 Å². The molecule has 24 heavy (non-hydrogen) atoms. The zero-order valence-electron chi connectivity index (χ0n) is 23.0. The minimum absolute atomic E-state index is 0.0481. The molecule has 0 aromatic heterocycles. The summed E-state index contributed by atoms with van der Waals surface area (Å²) in [5, 5.41) is 32.7. The third kappa shape index (κ3) is 4.32. The van der Waals surface area contributed by atoms with Crippen LogP contribution >= 0.6 is 0 Å². The van der Waals surface area contributed by atoms with E-state index in [1.54, 1.807) is 0 Å². The molecule has 3 N–H and O–H groups in total. The van der Waals surface area contributed by atoms with Gasteiger partial charge in [-0.05, 0) is 69.9 Å². The predicted molar refractivity (Wildman–Crippen MR) is 98.5 cm³/mol. The predicted octanol–water partition coefficient (Wildman–Crippen LogP) is 5.04. The van der Waals surface area contributed by atoms with Gasteiger partial charge in [0.05, 0.1) is 5.60 Å². The van der Waals surface area contributed by atoms with Crippen molar-refractivity contribution >= 4 is 0 Å². The molecule has 1 aliphatic rings. The monoisotopic (exact) mass is 341 g/mol. The minimum Gasteiger partial charge on any atom is -0.507 e. The fourth-order valence-electron chi connectivity index (χ4n) is 3.40. The maximum absolute atomic E-state index is 11.2. The molecule has 0 fully saturated rings. The van der Waals surface area contributed by atoms with Gasteiger partial charge in [0.25, 0.3) is 0 Å². The second-order valence-corrected chi connectivity index (χ2v) is 6.63. The van der Waals surface area contributed by atoms with Gasteiger partial charge in [-0.1, -0.05) is 31.4 Å². The summed E-state index contributed by atoms with van der Waals surface area (Å²) in [6, 6.07) is 2.81. The van der Waals surface area contributed by atoms with Crippen molar-refractivity contribution in [3.8, 4) is 11.5 Å². The first-order valence-corrected chi connectivity index (χ1v) is 8.43. The van der Waals surface area contributed by atoms with E-state index in [0.717, 1.165) is 19.3 Å². The molecule has 1 aromatic carbocycles. The number of hydrogen-bond donors (Lipinski definition) is 3. The molecule has 134 valence electrons. The highest BCUT2D eigenvalue weighted by molar-refractivity contribution is 5.51. The second kappa shape index (κ2) is 7.60. The Morgan fingerprint density at radius 3 is 2.50 bits per heavy atom. The molecule has 0 heterocycles. The van der Waals surface area contributed by atoms with Crippen LogP contribution < -0.4 is 0 Å². The molecule has 3 heteroatoms. The maximum atomic E-state index is 11.2. The van der Waals surface area contributed by atoms with Crippen molar-refractivity contribution in [2.24, 2.45) is 5.92 Å². The Labute approximate surface area is 158 Å². The average molecular weight is 342 g/mol. The number of aliphatic hydroxyl groups is 1. The van der Waals surface area contributed by atoms with Gasteiger partial charge in [0.2, 0.25) is 0 Å². The molecule has 0 spiro atoms. The van der Waals surface area contributed by atoms with Crippen molar-refractivity contribution in [1.82, 2.24) is 0 Å². The zero-order valence-corrected chi connectivity index (χ0v) is 14.0. The number of hydrogen-bond acceptors (Lipinski definition) is 3. The molecular formula is C21H32O3. The lowest BCUT2D eigenvalue weighted by Gasteiger charge is -2.38. The van der Waals surface area contributed by atoms with Gasteiger partial charge in [-0.25, -0.2) is 0 Å². The highest BCUT2D eigenvalue weighted by atomic mass is 16.3. The van der Waals surface area contributed by atoms with E-state index in [1.807, 2.05) is 6.92 Å².